The van der Waals surface area contributed by atoms with Crippen LogP contribution < -0.4 is 9.80 Å². The van der Waals surface area contributed by atoms with Crippen LogP contribution in [0.1, 0.15) is 83.3 Å². The fraction of sp³-hybridized carbons (Fsp3) is 0.231. The Morgan fingerprint density at radius 3 is 1.09 bits per heavy atom. The molecule has 1 heterocycles. The summed E-state index contributed by atoms with van der Waals surface area (Å²) in [5.74, 6) is 0. The normalized spacial score (nSPS) is 14.3. The van der Waals surface area contributed by atoms with E-state index in [0.29, 0.717) is 0 Å². The van der Waals surface area contributed by atoms with Gasteiger partial charge in [0.2, 0.25) is 0 Å². The first-order chi connectivity index (χ1) is 26.3. The first-order valence-electron chi connectivity index (χ1n) is 19.6. The molecule has 0 atom stereocenters. The van der Waals surface area contributed by atoms with Gasteiger partial charge in [0.25, 0.3) is 0 Å². The lowest BCUT2D eigenvalue weighted by Gasteiger charge is -2.32. The molecule has 1 aromatic heterocycles. The van der Waals surface area contributed by atoms with Gasteiger partial charge in [-0.2, -0.15) is 0 Å². The van der Waals surface area contributed by atoms with E-state index in [-0.39, 0.29) is 10.8 Å². The van der Waals surface area contributed by atoms with E-state index in [1.165, 1.54) is 111 Å². The number of hydrogen-bond donors (Lipinski definition) is 0. The van der Waals surface area contributed by atoms with Gasteiger partial charge in [0.15, 0.2) is 0 Å². The molecule has 0 bridgehead atoms. The minimum atomic E-state index is -0.168. The minimum Gasteiger partial charge on any atom is -0.310 e. The number of rotatable bonds is 6. The Morgan fingerprint density at radius 1 is 0.400 bits per heavy atom. The predicted octanol–water partition coefficient (Wildman–Crippen LogP) is 15.2. The van der Waals surface area contributed by atoms with Crippen molar-refractivity contribution in [1.29, 1.82) is 0 Å². The van der Waals surface area contributed by atoms with Crippen LogP contribution in [0.25, 0.3) is 20.9 Å². The molecule has 3 heteroatoms. The zero-order valence-electron chi connectivity index (χ0n) is 33.8. The molecule has 7 aromatic rings. The Balaban J connectivity index is 1.17. The van der Waals surface area contributed by atoms with Gasteiger partial charge < -0.3 is 9.80 Å². The topological polar surface area (TPSA) is 6.48 Å². The highest BCUT2D eigenvalue weighted by molar-refractivity contribution is 7.19. The number of anilines is 6. The molecule has 0 unspecified atom stereocenters. The van der Waals surface area contributed by atoms with E-state index in [1.54, 1.807) is 0 Å². The average Bonchev–Trinajstić information content (AvgIpc) is 3.72. The third kappa shape index (κ3) is 5.34. The Labute approximate surface area is 331 Å². The van der Waals surface area contributed by atoms with Gasteiger partial charge in [0, 0.05) is 43.3 Å². The first-order valence-corrected chi connectivity index (χ1v) is 20.4. The third-order valence-electron chi connectivity index (χ3n) is 12.3. The van der Waals surface area contributed by atoms with E-state index >= 15 is 0 Å². The Morgan fingerprint density at radius 2 is 0.745 bits per heavy atom. The molecule has 0 spiro atoms. The first kappa shape index (κ1) is 35.3. The number of para-hydroxylation sites is 2. The van der Waals surface area contributed by atoms with Crippen molar-refractivity contribution in [2.75, 3.05) is 9.80 Å². The predicted molar refractivity (Wildman–Crippen MR) is 237 cm³/mol. The number of thiophene rings is 1. The molecule has 0 N–H and O–H groups in total. The standard InChI is InChI=1S/C52H50N2S/c1-31-25-33(3)47(34(4)26-31)53(37-17-13-11-14-18-37)39-21-23-41-43(29-39)51(7,8)45-46-50(55-49(41)45)42-24-22-40(30-44(42)52(46,9)10)54(38-19-15-12-16-20-38)48-35(5)27-32(2)28-36(48)6/h11-30H,1-10H3. The van der Waals surface area contributed by atoms with E-state index < -0.39 is 0 Å². The third-order valence-corrected chi connectivity index (χ3v) is 13.5. The van der Waals surface area contributed by atoms with Gasteiger partial charge in [-0.3, -0.25) is 0 Å². The SMILES string of the molecule is Cc1cc(C)c(N(c2ccccc2)c2ccc3c(c2)C(C)(C)c2c-3sc3c2C(C)(C)c2cc(N(c4ccccc4)c4c(C)cc(C)cc4C)ccc2-3)c(C)c1. The monoisotopic (exact) mass is 734 g/mol. The second-order valence-corrected chi connectivity index (χ2v) is 18.1. The van der Waals surface area contributed by atoms with Crippen LogP contribution >= 0.6 is 11.3 Å². The van der Waals surface area contributed by atoms with E-state index in [4.69, 9.17) is 0 Å². The van der Waals surface area contributed by atoms with E-state index in [1.807, 2.05) is 11.3 Å². The Kier molecular flexibility index (Phi) is 8.08. The van der Waals surface area contributed by atoms with Gasteiger partial charge in [0.1, 0.15) is 0 Å². The fourth-order valence-corrected chi connectivity index (χ4v) is 11.8. The van der Waals surface area contributed by atoms with E-state index in [0.717, 1.165) is 0 Å². The summed E-state index contributed by atoms with van der Waals surface area (Å²) in [5.41, 5.74) is 23.3. The molecule has 6 aromatic carbocycles. The molecule has 2 aliphatic rings. The second-order valence-electron chi connectivity index (χ2n) is 17.1. The number of nitrogens with zero attached hydrogens (tertiary/aromatic N) is 2. The minimum absolute atomic E-state index is 0.168. The van der Waals surface area contributed by atoms with Crippen molar-refractivity contribution in [1.82, 2.24) is 0 Å². The summed E-state index contributed by atoms with van der Waals surface area (Å²) in [4.78, 5) is 7.80. The maximum absolute atomic E-state index is 2.48. The second kappa shape index (κ2) is 12.6. The number of aryl methyl sites for hydroxylation is 6. The van der Waals surface area contributed by atoms with Crippen LogP contribution in [0.3, 0.4) is 0 Å². The van der Waals surface area contributed by atoms with Crippen molar-refractivity contribution < 1.29 is 0 Å². The van der Waals surface area contributed by atoms with Crippen molar-refractivity contribution in [3.8, 4) is 20.9 Å². The van der Waals surface area contributed by atoms with Crippen molar-refractivity contribution in [2.24, 2.45) is 0 Å². The van der Waals surface area contributed by atoms with Gasteiger partial charge in [0.05, 0.1) is 11.4 Å². The molecule has 2 nitrogen and oxygen atoms in total. The summed E-state index contributed by atoms with van der Waals surface area (Å²) in [6.45, 7) is 23.2. The lowest BCUT2D eigenvalue weighted by atomic mass is 9.74. The summed E-state index contributed by atoms with van der Waals surface area (Å²) in [7, 11) is 0. The summed E-state index contributed by atoms with van der Waals surface area (Å²) in [6.07, 6.45) is 0. The highest BCUT2D eigenvalue weighted by Gasteiger charge is 2.48. The summed E-state index contributed by atoms with van der Waals surface area (Å²) < 4.78 is 0. The molecule has 0 saturated heterocycles. The zero-order chi connectivity index (χ0) is 38.6. The van der Waals surface area contributed by atoms with Gasteiger partial charge in [-0.1, -0.05) is 112 Å². The van der Waals surface area contributed by atoms with Crippen LogP contribution in [-0.4, -0.2) is 0 Å². The summed E-state index contributed by atoms with van der Waals surface area (Å²) >= 11 is 2.00. The Hall–Kier alpha value is -5.38. The molecule has 274 valence electrons. The number of benzene rings is 6. The summed E-state index contributed by atoms with van der Waals surface area (Å²) in [5, 5.41) is 0. The quantitative estimate of drug-likeness (QED) is 0.168. The molecule has 0 amide bonds. The summed E-state index contributed by atoms with van der Waals surface area (Å²) in [6, 6.07) is 45.4. The van der Waals surface area contributed by atoms with Gasteiger partial charge in [-0.25, -0.2) is 0 Å². The maximum atomic E-state index is 2.48. The van der Waals surface area contributed by atoms with Gasteiger partial charge >= 0.3 is 0 Å². The van der Waals surface area contributed by atoms with Gasteiger partial charge in [-0.15, -0.1) is 11.3 Å². The maximum Gasteiger partial charge on any atom is 0.0520 e. The zero-order valence-corrected chi connectivity index (χ0v) is 34.7. The van der Waals surface area contributed by atoms with Crippen molar-refractivity contribution in [3.63, 3.8) is 0 Å². The van der Waals surface area contributed by atoms with E-state index in [9.17, 15) is 0 Å². The highest BCUT2D eigenvalue weighted by atomic mass is 32.1. The number of hydrogen-bond acceptors (Lipinski definition) is 3. The smallest absolute Gasteiger partial charge is 0.0520 e. The molecule has 2 aliphatic carbocycles. The number of fused-ring (bicyclic) bond motifs is 7. The molecule has 9 rings (SSSR count). The van der Waals surface area contributed by atoms with Crippen LogP contribution in [0.2, 0.25) is 0 Å². The Bertz CT molecular complexity index is 2430. The van der Waals surface area contributed by atoms with Gasteiger partial charge in [-0.05, 0) is 146 Å². The molecule has 55 heavy (non-hydrogen) atoms. The lowest BCUT2D eigenvalue weighted by molar-refractivity contribution is 0.603. The van der Waals surface area contributed by atoms with Crippen molar-refractivity contribution in [3.05, 3.63) is 177 Å². The van der Waals surface area contributed by atoms with Crippen LogP contribution in [0.15, 0.2) is 121 Å². The fourth-order valence-electron chi connectivity index (χ4n) is 10.1. The molecular weight excluding hydrogens is 685 g/mol. The van der Waals surface area contributed by atoms with E-state index in [2.05, 4.69) is 200 Å². The average molecular weight is 735 g/mol. The van der Waals surface area contributed by atoms with Crippen molar-refractivity contribution in [2.45, 2.75) is 80.1 Å². The molecule has 0 saturated carbocycles. The molecule has 0 fully saturated rings. The van der Waals surface area contributed by atoms with Crippen LogP contribution in [0, 0.1) is 41.5 Å². The largest absolute Gasteiger partial charge is 0.310 e. The van der Waals surface area contributed by atoms with Crippen LogP contribution in [0.5, 0.6) is 0 Å². The highest BCUT2D eigenvalue weighted by Crippen LogP contribution is 2.64. The van der Waals surface area contributed by atoms with Crippen molar-refractivity contribution >= 4 is 45.5 Å². The van der Waals surface area contributed by atoms with Crippen LogP contribution in [0.4, 0.5) is 34.1 Å². The molecule has 0 aliphatic heterocycles. The van der Waals surface area contributed by atoms with Crippen LogP contribution in [-0.2, 0) is 10.8 Å². The lowest BCUT2D eigenvalue weighted by Crippen LogP contribution is -2.24. The molecule has 0 radical (unpaired) electrons. The molecular formula is C52H50N2S.